The Morgan fingerprint density at radius 1 is 1.28 bits per heavy atom. The molecule has 3 heterocycles. The third-order valence-electron chi connectivity index (χ3n) is 3.00. The minimum atomic E-state index is -1.10. The zero-order chi connectivity index (χ0) is 12.9. The minimum Gasteiger partial charge on any atom is -0.388 e. The molecule has 2 unspecified atom stereocenters. The molecule has 8 heteroatoms. The van der Waals surface area contributed by atoms with Gasteiger partial charge in [-0.05, 0) is 6.92 Å². The topological polar surface area (TPSA) is 119 Å². The van der Waals surface area contributed by atoms with Gasteiger partial charge in [-0.2, -0.15) is 0 Å². The van der Waals surface area contributed by atoms with Crippen molar-refractivity contribution >= 4 is 17.0 Å². The lowest BCUT2D eigenvalue weighted by Gasteiger charge is -2.16. The zero-order valence-electron chi connectivity index (χ0n) is 9.34. The number of aromatic nitrogens is 4. The van der Waals surface area contributed by atoms with Crippen LogP contribution in [-0.4, -0.2) is 48.0 Å². The van der Waals surface area contributed by atoms with Crippen molar-refractivity contribution in [2.45, 2.75) is 24.5 Å². The molecule has 0 aromatic carbocycles. The lowest BCUT2D eigenvalue weighted by atomic mass is 10.1. The van der Waals surface area contributed by atoms with Crippen LogP contribution in [-0.2, 0) is 4.74 Å². The number of aliphatic hydroxyl groups is 2. The van der Waals surface area contributed by atoms with Crippen LogP contribution in [0.4, 0.5) is 5.82 Å². The van der Waals surface area contributed by atoms with Crippen LogP contribution in [0.25, 0.3) is 11.2 Å². The molecule has 18 heavy (non-hydrogen) atoms. The maximum atomic E-state index is 9.89. The Hall–Kier alpha value is -1.77. The van der Waals surface area contributed by atoms with E-state index in [9.17, 15) is 10.2 Å². The Morgan fingerprint density at radius 3 is 2.72 bits per heavy atom. The Balaban J connectivity index is 2.08. The highest BCUT2D eigenvalue weighted by Crippen LogP contribution is 2.31. The first-order valence-electron chi connectivity index (χ1n) is 5.37. The molecule has 0 spiro atoms. The molecule has 0 amide bonds. The first kappa shape index (κ1) is 11.3. The molecule has 0 saturated carbocycles. The maximum Gasteiger partial charge on any atom is 0.167 e. The Kier molecular flexibility index (Phi) is 2.44. The Morgan fingerprint density at radius 2 is 2.06 bits per heavy atom. The van der Waals surface area contributed by atoms with E-state index in [2.05, 4.69) is 21.9 Å². The van der Waals surface area contributed by atoms with E-state index < -0.39 is 24.5 Å². The number of anilines is 1. The lowest BCUT2D eigenvalue weighted by molar-refractivity contribution is -0.0249. The van der Waals surface area contributed by atoms with E-state index in [0.717, 1.165) is 0 Å². The van der Waals surface area contributed by atoms with Gasteiger partial charge in [0.25, 0.3) is 0 Å². The quantitative estimate of drug-likeness (QED) is 0.585. The number of hydrogen-bond acceptors (Lipinski definition) is 7. The molecule has 8 nitrogen and oxygen atoms in total. The molecule has 0 bridgehead atoms. The molecule has 1 radical (unpaired) electrons. The molecular weight excluding hydrogens is 238 g/mol. The third-order valence-corrected chi connectivity index (χ3v) is 3.00. The monoisotopic (exact) mass is 250 g/mol. The first-order chi connectivity index (χ1) is 8.59. The lowest BCUT2D eigenvalue weighted by Crippen LogP contribution is -2.30. The summed E-state index contributed by atoms with van der Waals surface area (Å²) in [5.41, 5.74) is 6.53. The van der Waals surface area contributed by atoms with E-state index in [0.29, 0.717) is 11.2 Å². The second-order valence-electron chi connectivity index (χ2n) is 4.13. The zero-order valence-corrected chi connectivity index (χ0v) is 9.34. The first-order valence-corrected chi connectivity index (χ1v) is 5.37. The number of nitrogens with two attached hydrogens (primary N) is 1. The van der Waals surface area contributed by atoms with Gasteiger partial charge in [0.1, 0.15) is 24.1 Å². The molecule has 1 aliphatic rings. The minimum absolute atomic E-state index is 0.248. The molecular formula is C10H12N5O3. The van der Waals surface area contributed by atoms with Gasteiger partial charge in [-0.1, -0.05) is 0 Å². The van der Waals surface area contributed by atoms with Crippen LogP contribution in [0, 0.1) is 6.92 Å². The molecule has 95 valence electrons. The van der Waals surface area contributed by atoms with Crippen LogP contribution in [0.3, 0.4) is 0 Å². The standard InChI is InChI=1S/C10H12N5O3/c1-4-6(16)7(17)10(18-4)15-3-14-5-8(11)12-2-13-9(5)15/h2-4,6-7,10,16-17H,1H2,(H2,11,12,13)/t4-,6?,7?,10-/m1/s1. The van der Waals surface area contributed by atoms with Crippen LogP contribution >= 0.6 is 0 Å². The van der Waals surface area contributed by atoms with Crippen molar-refractivity contribution in [3.8, 4) is 0 Å². The van der Waals surface area contributed by atoms with Crippen LogP contribution < -0.4 is 5.73 Å². The van der Waals surface area contributed by atoms with Crippen molar-refractivity contribution in [3.63, 3.8) is 0 Å². The predicted molar refractivity (Wildman–Crippen MR) is 61.0 cm³/mol. The summed E-state index contributed by atoms with van der Waals surface area (Å²) < 4.78 is 6.90. The predicted octanol–water partition coefficient (Wildman–Crippen LogP) is -1.14. The summed E-state index contributed by atoms with van der Waals surface area (Å²) in [5.74, 6) is 0.248. The summed E-state index contributed by atoms with van der Waals surface area (Å²) in [4.78, 5) is 11.9. The van der Waals surface area contributed by atoms with Gasteiger partial charge in [0.05, 0.1) is 12.4 Å². The molecule has 2 aromatic rings. The fraction of sp³-hybridized carbons (Fsp3) is 0.400. The number of nitrogens with zero attached hydrogens (tertiary/aromatic N) is 4. The Labute approximate surface area is 102 Å². The average molecular weight is 250 g/mol. The third kappa shape index (κ3) is 1.47. The second-order valence-corrected chi connectivity index (χ2v) is 4.13. The van der Waals surface area contributed by atoms with Gasteiger partial charge in [-0.15, -0.1) is 0 Å². The summed E-state index contributed by atoms with van der Waals surface area (Å²) >= 11 is 0. The molecule has 1 aliphatic heterocycles. The van der Waals surface area contributed by atoms with Gasteiger partial charge in [0, 0.05) is 0 Å². The molecule has 1 fully saturated rings. The number of fused-ring (bicyclic) bond motifs is 1. The van der Waals surface area contributed by atoms with Crippen molar-refractivity contribution in [2.24, 2.45) is 0 Å². The normalized spacial score (nSPS) is 32.2. The van der Waals surface area contributed by atoms with E-state index in [1.54, 1.807) is 0 Å². The van der Waals surface area contributed by atoms with Crippen molar-refractivity contribution in [2.75, 3.05) is 5.73 Å². The maximum absolute atomic E-state index is 9.89. The number of imidazole rings is 1. The summed E-state index contributed by atoms with van der Waals surface area (Å²) in [6.45, 7) is 3.60. The van der Waals surface area contributed by atoms with Crippen molar-refractivity contribution in [1.82, 2.24) is 19.5 Å². The van der Waals surface area contributed by atoms with Gasteiger partial charge in [0.2, 0.25) is 0 Å². The number of aliphatic hydroxyl groups excluding tert-OH is 2. The van der Waals surface area contributed by atoms with Crippen molar-refractivity contribution in [3.05, 3.63) is 19.6 Å². The molecule has 4 N–H and O–H groups in total. The fourth-order valence-electron chi connectivity index (χ4n) is 2.02. The van der Waals surface area contributed by atoms with Crippen molar-refractivity contribution in [1.29, 1.82) is 0 Å². The Bertz CT molecular complexity index is 586. The van der Waals surface area contributed by atoms with Crippen molar-refractivity contribution < 1.29 is 14.9 Å². The summed E-state index contributed by atoms with van der Waals surface area (Å²) in [5, 5.41) is 19.5. The molecule has 1 saturated heterocycles. The van der Waals surface area contributed by atoms with Gasteiger partial charge in [-0.3, -0.25) is 4.57 Å². The smallest absolute Gasteiger partial charge is 0.167 e. The number of hydrogen-bond donors (Lipinski definition) is 3. The summed E-state index contributed by atoms with van der Waals surface area (Å²) in [6, 6.07) is 0. The molecule has 3 rings (SSSR count). The SMILES string of the molecule is [CH2][C@H]1O[C@@H](n2cnc3c(N)ncnc32)C(O)C1O. The van der Waals surface area contributed by atoms with Gasteiger partial charge in [0.15, 0.2) is 17.7 Å². The van der Waals surface area contributed by atoms with Gasteiger partial charge in [-0.25, -0.2) is 15.0 Å². The molecule has 4 atom stereocenters. The van der Waals surface area contributed by atoms with Crippen LogP contribution in [0.5, 0.6) is 0 Å². The van der Waals surface area contributed by atoms with E-state index >= 15 is 0 Å². The number of ether oxygens (including phenoxy) is 1. The van der Waals surface area contributed by atoms with Crippen LogP contribution in [0.15, 0.2) is 12.7 Å². The highest BCUT2D eigenvalue weighted by Gasteiger charge is 2.42. The average Bonchev–Trinajstić information content (AvgIpc) is 2.88. The van der Waals surface area contributed by atoms with Gasteiger partial charge >= 0.3 is 0 Å². The van der Waals surface area contributed by atoms with E-state index in [4.69, 9.17) is 10.5 Å². The highest BCUT2D eigenvalue weighted by atomic mass is 16.6. The number of rotatable bonds is 1. The van der Waals surface area contributed by atoms with E-state index in [1.165, 1.54) is 17.2 Å². The van der Waals surface area contributed by atoms with E-state index in [1.807, 2.05) is 0 Å². The summed E-state index contributed by atoms with van der Waals surface area (Å²) in [7, 11) is 0. The fourth-order valence-corrected chi connectivity index (χ4v) is 2.02. The van der Waals surface area contributed by atoms with Crippen LogP contribution in [0.2, 0.25) is 0 Å². The molecule has 2 aromatic heterocycles. The molecule has 0 aliphatic carbocycles. The van der Waals surface area contributed by atoms with Gasteiger partial charge < -0.3 is 20.7 Å². The van der Waals surface area contributed by atoms with E-state index in [-0.39, 0.29) is 5.82 Å². The number of nitrogen functional groups attached to an aromatic ring is 1. The van der Waals surface area contributed by atoms with Crippen LogP contribution in [0.1, 0.15) is 6.23 Å². The largest absolute Gasteiger partial charge is 0.388 e. The summed E-state index contributed by atoms with van der Waals surface area (Å²) in [6.07, 6.45) is -0.903. The second kappa shape index (κ2) is 3.87. The highest BCUT2D eigenvalue weighted by molar-refractivity contribution is 5.81.